The van der Waals surface area contributed by atoms with Crippen LogP contribution in [0.15, 0.2) is 29.3 Å². The summed E-state index contributed by atoms with van der Waals surface area (Å²) in [6.45, 7) is 2.52. The van der Waals surface area contributed by atoms with Gasteiger partial charge in [0.05, 0.1) is 0 Å². The van der Waals surface area contributed by atoms with Crippen molar-refractivity contribution in [2.45, 2.75) is 13.5 Å². The molecule has 1 rings (SSSR count). The fourth-order valence-corrected chi connectivity index (χ4v) is 2.25. The van der Waals surface area contributed by atoms with Crippen molar-refractivity contribution in [1.29, 1.82) is 0 Å². The van der Waals surface area contributed by atoms with Crippen molar-refractivity contribution >= 4 is 5.84 Å². The summed E-state index contributed by atoms with van der Waals surface area (Å²) in [6.07, 6.45) is 0. The first-order valence-corrected chi connectivity index (χ1v) is 7.31. The zero-order valence-corrected chi connectivity index (χ0v) is 10.1. The van der Waals surface area contributed by atoms with Gasteiger partial charge in [-0.15, -0.1) is 0 Å². The van der Waals surface area contributed by atoms with Crippen molar-refractivity contribution in [2.24, 2.45) is 10.7 Å². The van der Waals surface area contributed by atoms with Gasteiger partial charge in [0.1, 0.15) is 0 Å². The number of amidine groups is 1. The Morgan fingerprint density at radius 3 is 2.92 bits per heavy atom. The van der Waals surface area contributed by atoms with Gasteiger partial charge in [-0.2, -0.15) is 0 Å². The molecule has 0 saturated heterocycles. The molecule has 72 valence electrons. The molecular weight excluding hydrogens is 275 g/mol. The standard InChI is InChI=1S/C10H14IN2/c1-8(12)13-7-9-4-3-5-10(6-9)11-2/h3-6H,7H2,1-2H3,(H2,12,13)/q-1. The molecule has 0 fully saturated rings. The first-order valence-electron chi connectivity index (χ1n) is 4.07. The van der Waals surface area contributed by atoms with E-state index in [9.17, 15) is 0 Å². The first kappa shape index (κ1) is 10.5. The number of hydrogen-bond donors (Lipinski definition) is 1. The fraction of sp³-hybridized carbons (Fsp3) is 0.300. The molecule has 2 nitrogen and oxygen atoms in total. The molecular formula is C10H14IN2-. The Balaban J connectivity index is 2.72. The number of benzene rings is 1. The van der Waals surface area contributed by atoms with Gasteiger partial charge in [0.25, 0.3) is 0 Å². The minimum absolute atomic E-state index is 0.186. The molecule has 0 radical (unpaired) electrons. The second-order valence-corrected chi connectivity index (χ2v) is 5.10. The molecule has 0 atom stereocenters. The number of aliphatic imine (C=N–C) groups is 1. The molecule has 0 amide bonds. The van der Waals surface area contributed by atoms with Crippen molar-refractivity contribution in [1.82, 2.24) is 0 Å². The fourth-order valence-electron chi connectivity index (χ4n) is 0.969. The predicted octanol–water partition coefficient (Wildman–Crippen LogP) is -1.55. The summed E-state index contributed by atoms with van der Waals surface area (Å²) in [5.74, 6) is 0.650. The average Bonchev–Trinajstić information content (AvgIpc) is 2.15. The van der Waals surface area contributed by atoms with Crippen LogP contribution < -0.4 is 26.9 Å². The Morgan fingerprint density at radius 1 is 1.54 bits per heavy atom. The molecule has 0 aliphatic rings. The molecule has 0 aliphatic carbocycles. The van der Waals surface area contributed by atoms with Gasteiger partial charge >= 0.3 is 89.6 Å². The van der Waals surface area contributed by atoms with Gasteiger partial charge in [-0.3, -0.25) is 0 Å². The maximum absolute atomic E-state index is 5.47. The van der Waals surface area contributed by atoms with Crippen LogP contribution in [0.5, 0.6) is 0 Å². The van der Waals surface area contributed by atoms with E-state index in [-0.39, 0.29) is 21.2 Å². The van der Waals surface area contributed by atoms with Crippen LogP contribution >= 0.6 is 0 Å². The molecule has 0 aliphatic heterocycles. The zero-order valence-electron chi connectivity index (χ0n) is 7.92. The number of alkyl halides is 1. The maximum atomic E-state index is 5.47. The van der Waals surface area contributed by atoms with E-state index in [1.54, 1.807) is 0 Å². The topological polar surface area (TPSA) is 38.4 Å². The molecule has 1 aromatic carbocycles. The van der Waals surface area contributed by atoms with Crippen molar-refractivity contribution in [2.75, 3.05) is 4.93 Å². The summed E-state index contributed by atoms with van der Waals surface area (Å²) in [6, 6.07) is 8.58. The van der Waals surface area contributed by atoms with E-state index in [1.807, 2.05) is 6.92 Å². The number of rotatable bonds is 3. The van der Waals surface area contributed by atoms with Gasteiger partial charge < -0.3 is 0 Å². The number of nitrogens with zero attached hydrogens (tertiary/aromatic N) is 1. The Morgan fingerprint density at radius 2 is 2.31 bits per heavy atom. The summed E-state index contributed by atoms with van der Waals surface area (Å²) in [7, 11) is 0. The second kappa shape index (κ2) is 5.21. The molecule has 1 aromatic rings. The Bertz CT molecular complexity index is 304. The van der Waals surface area contributed by atoms with Gasteiger partial charge in [0.2, 0.25) is 0 Å². The van der Waals surface area contributed by atoms with E-state index in [0.717, 1.165) is 0 Å². The normalized spacial score (nSPS) is 12.0. The summed E-state index contributed by atoms with van der Waals surface area (Å²) in [4.78, 5) is 6.44. The van der Waals surface area contributed by atoms with E-state index in [4.69, 9.17) is 5.73 Å². The van der Waals surface area contributed by atoms with E-state index >= 15 is 0 Å². The molecule has 0 spiro atoms. The number of nitrogens with two attached hydrogens (primary N) is 1. The monoisotopic (exact) mass is 289 g/mol. The molecule has 2 N–H and O–H groups in total. The van der Waals surface area contributed by atoms with Crippen molar-refractivity contribution in [3.8, 4) is 0 Å². The number of halogens is 1. The van der Waals surface area contributed by atoms with Gasteiger partial charge in [0, 0.05) is 0 Å². The van der Waals surface area contributed by atoms with Crippen molar-refractivity contribution in [3.63, 3.8) is 0 Å². The molecule has 3 heteroatoms. The third kappa shape index (κ3) is 3.76. The van der Waals surface area contributed by atoms with Crippen LogP contribution in [0.1, 0.15) is 12.5 Å². The van der Waals surface area contributed by atoms with Crippen LogP contribution in [0.4, 0.5) is 0 Å². The zero-order chi connectivity index (χ0) is 9.68. The molecule has 0 bridgehead atoms. The van der Waals surface area contributed by atoms with Gasteiger partial charge in [-0.25, -0.2) is 0 Å². The average molecular weight is 289 g/mol. The van der Waals surface area contributed by atoms with Crippen LogP contribution in [-0.4, -0.2) is 10.8 Å². The predicted molar refractivity (Wildman–Crippen MR) is 52.1 cm³/mol. The van der Waals surface area contributed by atoms with Crippen LogP contribution in [0.2, 0.25) is 0 Å². The van der Waals surface area contributed by atoms with E-state index < -0.39 is 0 Å². The first-order chi connectivity index (χ1) is 6.22. The van der Waals surface area contributed by atoms with Crippen LogP contribution in [0, 0.1) is 3.57 Å². The van der Waals surface area contributed by atoms with Crippen molar-refractivity contribution in [3.05, 3.63) is 33.4 Å². The molecule has 0 heterocycles. The number of hydrogen-bond acceptors (Lipinski definition) is 1. The van der Waals surface area contributed by atoms with Gasteiger partial charge in [-0.1, -0.05) is 0 Å². The minimum atomic E-state index is 0.186. The molecule has 0 saturated carbocycles. The molecule has 0 unspecified atom stereocenters. The molecule has 0 aromatic heterocycles. The van der Waals surface area contributed by atoms with Gasteiger partial charge in [0.15, 0.2) is 0 Å². The third-order valence-corrected chi connectivity index (χ3v) is 3.53. The second-order valence-electron chi connectivity index (χ2n) is 2.78. The quantitative estimate of drug-likeness (QED) is 0.311. The summed E-state index contributed by atoms with van der Waals surface area (Å²) < 4.78 is 1.46. The Kier molecular flexibility index (Phi) is 4.21. The van der Waals surface area contributed by atoms with E-state index in [1.165, 1.54) is 9.13 Å². The van der Waals surface area contributed by atoms with Crippen LogP contribution in [0.3, 0.4) is 0 Å². The SMILES string of the molecule is C[I-]c1cccc(CN=C(C)N)c1. The Labute approximate surface area is 89.5 Å². The Hall–Kier alpha value is -0.580. The van der Waals surface area contributed by atoms with E-state index in [0.29, 0.717) is 12.4 Å². The summed E-state index contributed by atoms with van der Waals surface area (Å²) in [5, 5.41) is 0. The van der Waals surface area contributed by atoms with Crippen LogP contribution in [-0.2, 0) is 6.54 Å². The van der Waals surface area contributed by atoms with Crippen molar-refractivity contribution < 1.29 is 21.2 Å². The van der Waals surface area contributed by atoms with E-state index in [2.05, 4.69) is 34.2 Å². The van der Waals surface area contributed by atoms with Crippen LogP contribution in [0.25, 0.3) is 0 Å². The van der Waals surface area contributed by atoms with Gasteiger partial charge in [-0.05, 0) is 0 Å². The molecule has 13 heavy (non-hydrogen) atoms. The summed E-state index contributed by atoms with van der Waals surface area (Å²) in [5.41, 5.74) is 6.72. The summed E-state index contributed by atoms with van der Waals surface area (Å²) >= 11 is 0.186. The third-order valence-electron chi connectivity index (χ3n) is 1.62.